The maximum Gasteiger partial charge on any atom is 0.0646 e. The molecule has 0 heterocycles. The maximum absolute atomic E-state index is 10.1. The summed E-state index contributed by atoms with van der Waals surface area (Å²) in [7, 11) is 0. The summed E-state index contributed by atoms with van der Waals surface area (Å²) < 4.78 is 0. The monoisotopic (exact) mass is 213 g/mol. The van der Waals surface area contributed by atoms with Gasteiger partial charge in [-0.1, -0.05) is 20.3 Å². The number of hydrogen-bond donors (Lipinski definition) is 2. The first-order valence-corrected chi connectivity index (χ1v) is 6.58. The van der Waals surface area contributed by atoms with E-state index in [-0.39, 0.29) is 5.60 Å². The summed E-state index contributed by atoms with van der Waals surface area (Å²) in [5, 5.41) is 13.8. The van der Waals surface area contributed by atoms with Gasteiger partial charge in [0.15, 0.2) is 0 Å². The molecule has 0 radical (unpaired) electrons. The summed E-state index contributed by atoms with van der Waals surface area (Å²) in [5.74, 6) is 0. The lowest BCUT2D eigenvalue weighted by Gasteiger charge is -2.36. The van der Waals surface area contributed by atoms with Crippen LogP contribution < -0.4 is 5.32 Å². The zero-order chi connectivity index (χ0) is 11.3. The molecule has 2 heteroatoms. The minimum Gasteiger partial charge on any atom is -0.390 e. The molecule has 0 saturated heterocycles. The maximum atomic E-state index is 10.1. The van der Waals surface area contributed by atoms with Gasteiger partial charge in [-0.25, -0.2) is 0 Å². The summed E-state index contributed by atoms with van der Waals surface area (Å²) in [6.07, 6.45) is 7.63. The van der Waals surface area contributed by atoms with E-state index in [2.05, 4.69) is 26.1 Å². The van der Waals surface area contributed by atoms with Gasteiger partial charge in [0.1, 0.15) is 0 Å². The Morgan fingerprint density at radius 3 is 2.40 bits per heavy atom. The predicted molar refractivity (Wildman–Crippen MR) is 65.0 cm³/mol. The molecule has 15 heavy (non-hydrogen) atoms. The first-order valence-electron chi connectivity index (χ1n) is 6.58. The Kier molecular flexibility index (Phi) is 5.07. The lowest BCUT2D eigenvalue weighted by atomic mass is 9.80. The Morgan fingerprint density at radius 2 is 1.93 bits per heavy atom. The molecule has 0 amide bonds. The fraction of sp³-hybridized carbons (Fsp3) is 1.00. The molecule has 2 nitrogen and oxygen atoms in total. The third-order valence-corrected chi connectivity index (χ3v) is 3.82. The zero-order valence-corrected chi connectivity index (χ0v) is 10.6. The zero-order valence-electron chi connectivity index (χ0n) is 10.6. The molecular weight excluding hydrogens is 186 g/mol. The van der Waals surface area contributed by atoms with E-state index >= 15 is 0 Å². The fourth-order valence-corrected chi connectivity index (χ4v) is 2.59. The van der Waals surface area contributed by atoms with Crippen molar-refractivity contribution in [3.63, 3.8) is 0 Å². The number of nitrogens with one attached hydrogen (secondary N) is 1. The van der Waals surface area contributed by atoms with Crippen LogP contribution in [0.15, 0.2) is 0 Å². The van der Waals surface area contributed by atoms with Crippen molar-refractivity contribution in [1.29, 1.82) is 0 Å². The highest BCUT2D eigenvalue weighted by atomic mass is 16.3. The quantitative estimate of drug-likeness (QED) is 0.736. The van der Waals surface area contributed by atoms with Crippen LogP contribution in [0.4, 0.5) is 0 Å². The van der Waals surface area contributed by atoms with Crippen molar-refractivity contribution >= 4 is 0 Å². The Morgan fingerprint density at radius 1 is 1.33 bits per heavy atom. The molecule has 1 aliphatic rings. The van der Waals surface area contributed by atoms with Crippen molar-refractivity contribution < 1.29 is 5.11 Å². The fourth-order valence-electron chi connectivity index (χ4n) is 2.59. The second-order valence-corrected chi connectivity index (χ2v) is 5.21. The van der Waals surface area contributed by atoms with E-state index in [0.717, 1.165) is 32.1 Å². The third-order valence-electron chi connectivity index (χ3n) is 3.82. The minimum absolute atomic E-state index is 0.355. The van der Waals surface area contributed by atoms with Crippen LogP contribution in [0.1, 0.15) is 65.7 Å². The topological polar surface area (TPSA) is 32.3 Å². The van der Waals surface area contributed by atoms with Gasteiger partial charge in [0.25, 0.3) is 0 Å². The Balaban J connectivity index is 2.25. The van der Waals surface area contributed by atoms with E-state index in [9.17, 15) is 5.11 Å². The van der Waals surface area contributed by atoms with Crippen molar-refractivity contribution in [3.8, 4) is 0 Å². The first-order chi connectivity index (χ1) is 7.09. The Hall–Kier alpha value is -0.0800. The van der Waals surface area contributed by atoms with Crippen LogP contribution in [0, 0.1) is 0 Å². The molecule has 1 fully saturated rings. The highest BCUT2D eigenvalue weighted by molar-refractivity contribution is 4.87. The molecule has 0 aromatic heterocycles. The van der Waals surface area contributed by atoms with Crippen molar-refractivity contribution in [3.05, 3.63) is 0 Å². The molecule has 1 saturated carbocycles. The van der Waals surface area contributed by atoms with E-state index in [4.69, 9.17) is 0 Å². The van der Waals surface area contributed by atoms with Crippen molar-refractivity contribution in [2.75, 3.05) is 0 Å². The summed E-state index contributed by atoms with van der Waals surface area (Å²) in [6, 6.07) is 1.27. The first kappa shape index (κ1) is 13.0. The van der Waals surface area contributed by atoms with Crippen molar-refractivity contribution in [2.24, 2.45) is 0 Å². The van der Waals surface area contributed by atoms with Crippen molar-refractivity contribution in [2.45, 2.75) is 83.4 Å². The highest BCUT2D eigenvalue weighted by Gasteiger charge is 2.31. The summed E-state index contributed by atoms with van der Waals surface area (Å²) >= 11 is 0. The number of aliphatic hydroxyl groups is 1. The van der Waals surface area contributed by atoms with Gasteiger partial charge in [0, 0.05) is 12.1 Å². The van der Waals surface area contributed by atoms with E-state index in [1.54, 1.807) is 0 Å². The smallest absolute Gasteiger partial charge is 0.0646 e. The molecule has 90 valence electrons. The molecule has 1 rings (SSSR count). The SMILES string of the molecule is CCCC(C)NC1CCC(O)(CC)CC1. The molecule has 0 aromatic rings. The number of rotatable bonds is 5. The molecule has 0 aliphatic heterocycles. The molecule has 1 unspecified atom stereocenters. The second kappa shape index (κ2) is 5.86. The van der Waals surface area contributed by atoms with Gasteiger partial charge in [-0.05, 0) is 45.4 Å². The van der Waals surface area contributed by atoms with E-state index in [1.807, 2.05) is 0 Å². The van der Waals surface area contributed by atoms with Crippen molar-refractivity contribution in [1.82, 2.24) is 5.32 Å². The number of hydrogen-bond acceptors (Lipinski definition) is 2. The summed E-state index contributed by atoms with van der Waals surface area (Å²) in [4.78, 5) is 0. The predicted octanol–water partition coefficient (Wildman–Crippen LogP) is 2.85. The van der Waals surface area contributed by atoms with Crippen LogP contribution in [0.2, 0.25) is 0 Å². The van der Waals surface area contributed by atoms with Crippen LogP contribution >= 0.6 is 0 Å². The van der Waals surface area contributed by atoms with Gasteiger partial charge in [0.05, 0.1) is 5.60 Å². The van der Waals surface area contributed by atoms with Gasteiger partial charge in [-0.3, -0.25) is 0 Å². The minimum atomic E-state index is -0.355. The van der Waals surface area contributed by atoms with Gasteiger partial charge >= 0.3 is 0 Å². The molecule has 1 atom stereocenters. The summed E-state index contributed by atoms with van der Waals surface area (Å²) in [5.41, 5.74) is -0.355. The summed E-state index contributed by atoms with van der Waals surface area (Å²) in [6.45, 7) is 6.59. The van der Waals surface area contributed by atoms with Gasteiger partial charge in [0.2, 0.25) is 0 Å². The van der Waals surface area contributed by atoms with Gasteiger partial charge in [-0.2, -0.15) is 0 Å². The Labute approximate surface area is 94.5 Å². The standard InChI is InChI=1S/C13H27NO/c1-4-6-11(3)14-12-7-9-13(15,5-2)10-8-12/h11-12,14-15H,4-10H2,1-3H3. The third kappa shape index (κ3) is 4.12. The van der Waals surface area contributed by atoms with Gasteiger partial charge in [-0.15, -0.1) is 0 Å². The lowest BCUT2D eigenvalue weighted by molar-refractivity contribution is -0.00771. The van der Waals surface area contributed by atoms with Crippen LogP contribution in [0.25, 0.3) is 0 Å². The molecule has 0 aromatic carbocycles. The molecule has 2 N–H and O–H groups in total. The second-order valence-electron chi connectivity index (χ2n) is 5.21. The van der Waals surface area contributed by atoms with Crippen LogP contribution in [-0.4, -0.2) is 22.8 Å². The van der Waals surface area contributed by atoms with E-state index in [1.165, 1.54) is 12.8 Å². The molecule has 0 spiro atoms. The van der Waals surface area contributed by atoms with Crippen LogP contribution in [0.5, 0.6) is 0 Å². The normalized spacial score (nSPS) is 34.0. The van der Waals surface area contributed by atoms with Crippen LogP contribution in [-0.2, 0) is 0 Å². The lowest BCUT2D eigenvalue weighted by Crippen LogP contribution is -2.43. The molecule has 0 bridgehead atoms. The average Bonchev–Trinajstić information content (AvgIpc) is 2.22. The van der Waals surface area contributed by atoms with E-state index < -0.39 is 0 Å². The highest BCUT2D eigenvalue weighted by Crippen LogP contribution is 2.31. The van der Waals surface area contributed by atoms with E-state index in [0.29, 0.717) is 12.1 Å². The van der Waals surface area contributed by atoms with Gasteiger partial charge < -0.3 is 10.4 Å². The Bertz CT molecular complexity index is 173. The van der Waals surface area contributed by atoms with Crippen LogP contribution in [0.3, 0.4) is 0 Å². The molecule has 1 aliphatic carbocycles. The largest absolute Gasteiger partial charge is 0.390 e. The average molecular weight is 213 g/mol. The molecular formula is C13H27NO.